The Kier molecular flexibility index (Phi) is 5.49. The second kappa shape index (κ2) is 6.91. The average Bonchev–Trinajstić information content (AvgIpc) is 2.38. The third-order valence-electron chi connectivity index (χ3n) is 2.45. The summed E-state index contributed by atoms with van der Waals surface area (Å²) in [5.41, 5.74) is 7.42. The third kappa shape index (κ3) is 3.75. The van der Waals surface area contributed by atoms with Crippen molar-refractivity contribution in [1.29, 1.82) is 0 Å². The van der Waals surface area contributed by atoms with Gasteiger partial charge in [-0.2, -0.15) is 0 Å². The van der Waals surface area contributed by atoms with Crippen LogP contribution in [-0.4, -0.2) is 19.2 Å². The number of ether oxygens (including phenoxy) is 1. The predicted octanol–water partition coefficient (Wildman–Crippen LogP) is 2.52. The minimum Gasteiger partial charge on any atom is -0.449 e. The topological polar surface area (TPSA) is 55.6 Å². The summed E-state index contributed by atoms with van der Waals surface area (Å²) in [5.74, 6) is 0. The quantitative estimate of drug-likeness (QED) is 0.854. The molecule has 4 nitrogen and oxygen atoms in total. The van der Waals surface area contributed by atoms with E-state index in [1.165, 1.54) is 0 Å². The molecule has 0 radical (unpaired) electrons. The number of amides is 1. The molecule has 1 aromatic rings. The second-order valence-corrected chi connectivity index (χ2v) is 3.73. The molecule has 0 aliphatic rings. The van der Waals surface area contributed by atoms with Gasteiger partial charge in [0.25, 0.3) is 0 Å². The number of rotatable bonds is 5. The van der Waals surface area contributed by atoms with Gasteiger partial charge in [-0.25, -0.2) is 4.79 Å². The lowest BCUT2D eigenvalue weighted by Gasteiger charge is -2.20. The summed E-state index contributed by atoms with van der Waals surface area (Å²) in [7, 11) is 0. The van der Waals surface area contributed by atoms with Crippen molar-refractivity contribution in [2.75, 3.05) is 18.1 Å². The van der Waals surface area contributed by atoms with E-state index in [0.717, 1.165) is 17.7 Å². The summed E-state index contributed by atoms with van der Waals surface area (Å²) in [5, 5.41) is 0. The van der Waals surface area contributed by atoms with Crippen molar-refractivity contribution in [3.05, 3.63) is 29.8 Å². The lowest BCUT2D eigenvalue weighted by Crippen LogP contribution is -2.31. The minimum atomic E-state index is -0.296. The van der Waals surface area contributed by atoms with Gasteiger partial charge in [0, 0.05) is 18.8 Å². The van der Waals surface area contributed by atoms with E-state index in [4.69, 9.17) is 10.5 Å². The molecule has 1 rings (SSSR count). The molecule has 0 aliphatic carbocycles. The number of carbonyl (C=O) groups excluding carboxylic acids is 1. The Morgan fingerprint density at radius 3 is 2.41 bits per heavy atom. The Labute approximate surface area is 102 Å². The average molecular weight is 236 g/mol. The van der Waals surface area contributed by atoms with Crippen LogP contribution >= 0.6 is 0 Å². The highest BCUT2D eigenvalue weighted by atomic mass is 16.6. The van der Waals surface area contributed by atoms with Crippen LogP contribution in [0.4, 0.5) is 10.5 Å². The summed E-state index contributed by atoms with van der Waals surface area (Å²) in [6.07, 6.45) is 0.532. The van der Waals surface area contributed by atoms with Crippen molar-refractivity contribution in [3.8, 4) is 0 Å². The van der Waals surface area contributed by atoms with Crippen molar-refractivity contribution in [2.24, 2.45) is 5.73 Å². The summed E-state index contributed by atoms with van der Waals surface area (Å²) >= 11 is 0. The number of anilines is 1. The molecular formula is C13H20N2O2. The third-order valence-corrected chi connectivity index (χ3v) is 2.45. The molecule has 0 aliphatic heterocycles. The van der Waals surface area contributed by atoms with Crippen molar-refractivity contribution in [3.63, 3.8) is 0 Å². The molecule has 0 spiro atoms. The standard InChI is InChI=1S/C13H20N2O2/c1-3-9-17-13(16)15(4-2)12-7-5-11(10-14)6-8-12/h5-8H,3-4,9-10,14H2,1-2H3. The summed E-state index contributed by atoms with van der Waals surface area (Å²) in [6, 6.07) is 7.62. The molecule has 0 bridgehead atoms. The van der Waals surface area contributed by atoms with Gasteiger partial charge in [-0.05, 0) is 31.0 Å². The van der Waals surface area contributed by atoms with Crippen LogP contribution in [-0.2, 0) is 11.3 Å². The highest BCUT2D eigenvalue weighted by Gasteiger charge is 2.14. The number of carbonyl (C=O) groups is 1. The van der Waals surface area contributed by atoms with Crippen LogP contribution in [0.2, 0.25) is 0 Å². The smallest absolute Gasteiger partial charge is 0.414 e. The van der Waals surface area contributed by atoms with Crippen molar-refractivity contribution >= 4 is 11.8 Å². The zero-order chi connectivity index (χ0) is 12.7. The normalized spacial score (nSPS) is 10.1. The van der Waals surface area contributed by atoms with Gasteiger partial charge in [-0.1, -0.05) is 19.1 Å². The Morgan fingerprint density at radius 1 is 1.29 bits per heavy atom. The maximum atomic E-state index is 11.8. The van der Waals surface area contributed by atoms with Crippen molar-refractivity contribution < 1.29 is 9.53 Å². The van der Waals surface area contributed by atoms with E-state index in [1.807, 2.05) is 38.1 Å². The second-order valence-electron chi connectivity index (χ2n) is 3.73. The molecule has 1 amide bonds. The maximum Gasteiger partial charge on any atom is 0.414 e. The molecule has 0 aromatic heterocycles. The van der Waals surface area contributed by atoms with Gasteiger partial charge < -0.3 is 10.5 Å². The molecule has 4 heteroatoms. The zero-order valence-electron chi connectivity index (χ0n) is 10.5. The Hall–Kier alpha value is -1.55. The van der Waals surface area contributed by atoms with Gasteiger partial charge in [0.1, 0.15) is 0 Å². The molecule has 2 N–H and O–H groups in total. The summed E-state index contributed by atoms with van der Waals surface area (Å²) in [6.45, 7) is 5.44. The first-order valence-electron chi connectivity index (χ1n) is 5.96. The fraction of sp³-hybridized carbons (Fsp3) is 0.462. The molecule has 0 saturated carbocycles. The highest BCUT2D eigenvalue weighted by molar-refractivity contribution is 5.87. The van der Waals surface area contributed by atoms with Gasteiger partial charge in [-0.3, -0.25) is 4.90 Å². The first kappa shape index (κ1) is 13.5. The zero-order valence-corrected chi connectivity index (χ0v) is 10.5. The van der Waals surface area contributed by atoms with Crippen LogP contribution in [0.5, 0.6) is 0 Å². The highest BCUT2D eigenvalue weighted by Crippen LogP contribution is 2.16. The molecule has 0 atom stereocenters. The van der Waals surface area contributed by atoms with Gasteiger partial charge in [0.2, 0.25) is 0 Å². The molecule has 17 heavy (non-hydrogen) atoms. The Bertz CT molecular complexity index is 349. The molecular weight excluding hydrogens is 216 g/mol. The fourth-order valence-corrected chi connectivity index (χ4v) is 1.50. The van der Waals surface area contributed by atoms with Gasteiger partial charge in [-0.15, -0.1) is 0 Å². The fourth-order valence-electron chi connectivity index (χ4n) is 1.50. The monoisotopic (exact) mass is 236 g/mol. The van der Waals surface area contributed by atoms with E-state index < -0.39 is 0 Å². The molecule has 0 heterocycles. The van der Waals surface area contributed by atoms with E-state index in [0.29, 0.717) is 19.7 Å². The predicted molar refractivity (Wildman–Crippen MR) is 69.0 cm³/mol. The molecule has 0 unspecified atom stereocenters. The van der Waals surface area contributed by atoms with E-state index in [2.05, 4.69) is 0 Å². The molecule has 1 aromatic carbocycles. The van der Waals surface area contributed by atoms with Crippen molar-refractivity contribution in [2.45, 2.75) is 26.8 Å². The van der Waals surface area contributed by atoms with Gasteiger partial charge >= 0.3 is 6.09 Å². The van der Waals surface area contributed by atoms with E-state index in [-0.39, 0.29) is 6.09 Å². The molecule has 94 valence electrons. The summed E-state index contributed by atoms with van der Waals surface area (Å²) < 4.78 is 5.12. The number of nitrogens with two attached hydrogens (primary N) is 1. The Balaban J connectivity index is 2.74. The SMILES string of the molecule is CCCOC(=O)N(CC)c1ccc(CN)cc1. The van der Waals surface area contributed by atoms with Crippen LogP contribution in [0.15, 0.2) is 24.3 Å². The van der Waals surface area contributed by atoms with E-state index in [1.54, 1.807) is 4.90 Å². The first-order chi connectivity index (χ1) is 8.22. The first-order valence-corrected chi connectivity index (χ1v) is 5.96. The lowest BCUT2D eigenvalue weighted by molar-refractivity contribution is 0.154. The van der Waals surface area contributed by atoms with E-state index in [9.17, 15) is 4.79 Å². The van der Waals surface area contributed by atoms with Crippen LogP contribution in [0, 0.1) is 0 Å². The van der Waals surface area contributed by atoms with Gasteiger partial charge in [0.15, 0.2) is 0 Å². The van der Waals surface area contributed by atoms with E-state index >= 15 is 0 Å². The molecule has 0 fully saturated rings. The van der Waals surface area contributed by atoms with Crippen LogP contribution in [0.25, 0.3) is 0 Å². The van der Waals surface area contributed by atoms with Crippen LogP contribution < -0.4 is 10.6 Å². The largest absolute Gasteiger partial charge is 0.449 e. The Morgan fingerprint density at radius 2 is 1.94 bits per heavy atom. The number of hydrogen-bond acceptors (Lipinski definition) is 3. The minimum absolute atomic E-state index is 0.296. The number of benzene rings is 1. The molecule has 0 saturated heterocycles. The van der Waals surface area contributed by atoms with Crippen LogP contribution in [0.3, 0.4) is 0 Å². The van der Waals surface area contributed by atoms with Crippen molar-refractivity contribution in [1.82, 2.24) is 0 Å². The maximum absolute atomic E-state index is 11.8. The van der Waals surface area contributed by atoms with Crippen LogP contribution in [0.1, 0.15) is 25.8 Å². The number of hydrogen-bond donors (Lipinski definition) is 1. The summed E-state index contributed by atoms with van der Waals surface area (Å²) in [4.78, 5) is 13.4. The number of nitrogens with zero attached hydrogens (tertiary/aromatic N) is 1. The van der Waals surface area contributed by atoms with Gasteiger partial charge in [0.05, 0.1) is 6.61 Å². The lowest BCUT2D eigenvalue weighted by atomic mass is 10.2.